The summed E-state index contributed by atoms with van der Waals surface area (Å²) in [5.74, 6) is -2.68. The summed E-state index contributed by atoms with van der Waals surface area (Å²) in [7, 11) is 0. The Morgan fingerprint density at radius 1 is 0.870 bits per heavy atom. The second-order valence-electron chi connectivity index (χ2n) is 14.3. The van der Waals surface area contributed by atoms with E-state index >= 15 is 0 Å². The fourth-order valence-corrected chi connectivity index (χ4v) is 6.28. The highest BCUT2D eigenvalue weighted by Gasteiger charge is 2.33. The van der Waals surface area contributed by atoms with Crippen molar-refractivity contribution >= 4 is 46.8 Å². The van der Waals surface area contributed by atoms with Crippen molar-refractivity contribution in [2.75, 3.05) is 5.32 Å². The summed E-state index contributed by atoms with van der Waals surface area (Å²) in [4.78, 5) is 58.5. The van der Waals surface area contributed by atoms with Crippen LogP contribution in [0.2, 0.25) is 5.02 Å². The second kappa shape index (κ2) is 18.1. The Bertz CT molecular complexity index is 1950. The first-order chi connectivity index (χ1) is 25.8. The molecule has 4 aromatic rings. The summed E-state index contributed by atoms with van der Waals surface area (Å²) in [5, 5.41) is 23.2. The molecule has 0 aliphatic carbocycles. The molecule has 4 aromatic carbocycles. The first-order valence-corrected chi connectivity index (χ1v) is 18.2. The van der Waals surface area contributed by atoms with E-state index < -0.39 is 59.7 Å². The number of aliphatic hydroxyl groups excluding tert-OH is 1. The lowest BCUT2D eigenvalue weighted by Crippen LogP contribution is -2.52. The summed E-state index contributed by atoms with van der Waals surface area (Å²) < 4.78 is 5.48. The standard InChI is InChI=1S/C42H46ClN5O6/c1-26(44-37-40(52)45-33-21-20-31(43)25-32(33)36(47-37)29-18-12-7-13-19-29)38(50)48-39(51)30(22-27-14-8-5-9-15-27)24-35(49)34(23-28-16-10-6-11-17-28)46-41(53)54-42(2,3)4/h5-21,25-26,30,34-35,37,44,49H,22-24H2,1-4H3,(H,45,52)(H,46,53)(H,48,50,51)/t26-,30+,34-,35+,37?/m0/s1. The summed E-state index contributed by atoms with van der Waals surface area (Å²) in [6.45, 7) is 6.76. The Kier molecular flexibility index (Phi) is 13.4. The maximum Gasteiger partial charge on any atom is 0.407 e. The van der Waals surface area contributed by atoms with Crippen LogP contribution in [0.3, 0.4) is 0 Å². The van der Waals surface area contributed by atoms with Crippen molar-refractivity contribution in [1.82, 2.24) is 16.0 Å². The molecular weight excluding hydrogens is 706 g/mol. The molecule has 54 heavy (non-hydrogen) atoms. The molecule has 1 unspecified atom stereocenters. The molecule has 0 fully saturated rings. The predicted molar refractivity (Wildman–Crippen MR) is 209 cm³/mol. The first kappa shape index (κ1) is 39.8. The van der Waals surface area contributed by atoms with E-state index in [2.05, 4.69) is 21.3 Å². The van der Waals surface area contributed by atoms with Gasteiger partial charge in [-0.2, -0.15) is 0 Å². The molecule has 282 valence electrons. The minimum absolute atomic E-state index is 0.0836. The number of halogens is 1. The van der Waals surface area contributed by atoms with Crippen LogP contribution < -0.4 is 21.3 Å². The Morgan fingerprint density at radius 2 is 1.46 bits per heavy atom. The molecule has 0 bridgehead atoms. The number of carbonyl (C=O) groups is 4. The number of aliphatic imine (C=N–C) groups is 1. The van der Waals surface area contributed by atoms with Gasteiger partial charge in [-0.3, -0.25) is 30.0 Å². The van der Waals surface area contributed by atoms with Gasteiger partial charge in [-0.05, 0) is 76.3 Å². The normalized spacial score (nSPS) is 16.3. The lowest BCUT2D eigenvalue weighted by atomic mass is 9.88. The van der Waals surface area contributed by atoms with E-state index in [-0.39, 0.29) is 19.3 Å². The van der Waals surface area contributed by atoms with Crippen LogP contribution in [-0.4, -0.2) is 64.6 Å². The fourth-order valence-electron chi connectivity index (χ4n) is 6.11. The number of nitrogens with zero attached hydrogens (tertiary/aromatic N) is 1. The summed E-state index contributed by atoms with van der Waals surface area (Å²) in [6.07, 6.45) is -2.69. The van der Waals surface area contributed by atoms with E-state index in [1.54, 1.807) is 39.0 Å². The molecule has 0 saturated carbocycles. The smallest absolute Gasteiger partial charge is 0.407 e. The van der Waals surface area contributed by atoms with Gasteiger partial charge in [0.1, 0.15) is 5.60 Å². The molecule has 5 rings (SSSR count). The van der Waals surface area contributed by atoms with Gasteiger partial charge in [0, 0.05) is 22.1 Å². The van der Waals surface area contributed by atoms with E-state index in [0.717, 1.165) is 16.7 Å². The van der Waals surface area contributed by atoms with Crippen molar-refractivity contribution in [2.45, 2.75) is 76.9 Å². The van der Waals surface area contributed by atoms with Crippen LogP contribution in [0.25, 0.3) is 0 Å². The van der Waals surface area contributed by atoms with E-state index in [9.17, 15) is 24.3 Å². The maximum absolute atomic E-state index is 13.9. The molecule has 1 aliphatic rings. The van der Waals surface area contributed by atoms with E-state index in [1.165, 1.54) is 6.92 Å². The Hall–Kier alpha value is -5.36. The maximum atomic E-state index is 13.9. The monoisotopic (exact) mass is 751 g/mol. The minimum Gasteiger partial charge on any atom is -0.444 e. The number of amides is 4. The molecule has 4 amide bonds. The average molecular weight is 752 g/mol. The largest absolute Gasteiger partial charge is 0.444 e. The molecule has 1 aliphatic heterocycles. The average Bonchev–Trinajstić information content (AvgIpc) is 3.26. The molecule has 0 spiro atoms. The zero-order chi connectivity index (χ0) is 38.8. The lowest BCUT2D eigenvalue weighted by molar-refractivity contribution is -0.134. The van der Waals surface area contributed by atoms with Crippen molar-refractivity contribution in [1.29, 1.82) is 0 Å². The molecule has 11 nitrogen and oxygen atoms in total. The lowest BCUT2D eigenvalue weighted by Gasteiger charge is -2.29. The van der Waals surface area contributed by atoms with Crippen LogP contribution in [0.4, 0.5) is 10.5 Å². The van der Waals surface area contributed by atoms with Crippen molar-refractivity contribution in [2.24, 2.45) is 10.9 Å². The third-order valence-corrected chi connectivity index (χ3v) is 9.02. The van der Waals surface area contributed by atoms with Crippen molar-refractivity contribution in [3.05, 3.63) is 136 Å². The zero-order valence-electron chi connectivity index (χ0n) is 30.7. The van der Waals surface area contributed by atoms with Gasteiger partial charge in [0.25, 0.3) is 5.91 Å². The SMILES string of the molecule is C[C@H](NC1N=C(c2ccccc2)c2cc(Cl)ccc2NC1=O)C(=O)NC(=O)[C@H](Cc1ccccc1)C[C@@H](O)[C@H](Cc1ccccc1)NC(=O)OC(C)(C)C. The van der Waals surface area contributed by atoms with Crippen molar-refractivity contribution in [3.8, 4) is 0 Å². The third kappa shape index (κ3) is 11.3. The van der Waals surface area contributed by atoms with Crippen LogP contribution in [-0.2, 0) is 32.0 Å². The highest BCUT2D eigenvalue weighted by molar-refractivity contribution is 6.32. The number of ether oxygens (including phenoxy) is 1. The van der Waals surface area contributed by atoms with Gasteiger partial charge in [-0.1, -0.05) is 103 Å². The van der Waals surface area contributed by atoms with E-state index in [1.807, 2.05) is 91.0 Å². The van der Waals surface area contributed by atoms with Crippen LogP contribution in [0, 0.1) is 5.92 Å². The van der Waals surface area contributed by atoms with E-state index in [0.29, 0.717) is 22.0 Å². The molecular formula is C42H46ClN5O6. The number of benzene rings is 4. The third-order valence-electron chi connectivity index (χ3n) is 8.78. The minimum atomic E-state index is -1.20. The quantitative estimate of drug-likeness (QED) is 0.115. The van der Waals surface area contributed by atoms with Crippen LogP contribution >= 0.6 is 11.6 Å². The van der Waals surface area contributed by atoms with Gasteiger partial charge in [-0.15, -0.1) is 0 Å². The molecule has 5 N–H and O–H groups in total. The topological polar surface area (TPSA) is 158 Å². The highest BCUT2D eigenvalue weighted by Crippen LogP contribution is 2.27. The molecule has 12 heteroatoms. The predicted octanol–water partition coefficient (Wildman–Crippen LogP) is 5.82. The van der Waals surface area contributed by atoms with Crippen molar-refractivity contribution in [3.63, 3.8) is 0 Å². The Balaban J connectivity index is 1.34. The number of alkyl carbamates (subject to hydrolysis) is 1. The molecule has 1 heterocycles. The molecule has 0 saturated heterocycles. The summed E-state index contributed by atoms with van der Waals surface area (Å²) in [5.41, 5.74) is 3.28. The fraction of sp³-hybridized carbons (Fsp3) is 0.310. The van der Waals surface area contributed by atoms with Crippen molar-refractivity contribution < 1.29 is 29.0 Å². The number of benzodiazepines with no additional fused rings is 1. The molecule has 5 atom stereocenters. The number of anilines is 1. The van der Waals surface area contributed by atoms with Crippen LogP contribution in [0.5, 0.6) is 0 Å². The second-order valence-corrected chi connectivity index (χ2v) is 14.7. The number of imide groups is 1. The molecule has 0 aromatic heterocycles. The number of nitrogens with one attached hydrogen (secondary N) is 4. The van der Waals surface area contributed by atoms with Gasteiger partial charge in [0.2, 0.25) is 11.8 Å². The number of aliphatic hydroxyl groups is 1. The number of rotatable bonds is 13. The van der Waals surface area contributed by atoms with Crippen LogP contribution in [0.15, 0.2) is 114 Å². The van der Waals surface area contributed by atoms with Gasteiger partial charge in [0.15, 0.2) is 6.17 Å². The van der Waals surface area contributed by atoms with Gasteiger partial charge < -0.3 is 20.5 Å². The first-order valence-electron chi connectivity index (χ1n) is 17.9. The summed E-state index contributed by atoms with van der Waals surface area (Å²) in [6, 6.07) is 31.1. The Morgan fingerprint density at radius 3 is 2.07 bits per heavy atom. The number of hydrogen-bond acceptors (Lipinski definition) is 8. The molecule has 0 radical (unpaired) electrons. The zero-order valence-corrected chi connectivity index (χ0v) is 31.5. The summed E-state index contributed by atoms with van der Waals surface area (Å²) >= 11 is 6.33. The highest BCUT2D eigenvalue weighted by atomic mass is 35.5. The Labute approximate surface area is 320 Å². The van der Waals surface area contributed by atoms with Gasteiger partial charge in [-0.25, -0.2) is 4.79 Å². The van der Waals surface area contributed by atoms with Gasteiger partial charge in [0.05, 0.1) is 29.6 Å². The van der Waals surface area contributed by atoms with Crippen LogP contribution in [0.1, 0.15) is 56.4 Å². The van der Waals surface area contributed by atoms with Gasteiger partial charge >= 0.3 is 6.09 Å². The number of carbonyl (C=O) groups excluding carboxylic acids is 4. The number of fused-ring (bicyclic) bond motifs is 1. The van der Waals surface area contributed by atoms with E-state index in [4.69, 9.17) is 21.3 Å². The number of hydrogen-bond donors (Lipinski definition) is 5.